The maximum Gasteiger partial charge on any atom is 0.119 e. The van der Waals surface area contributed by atoms with Crippen LogP contribution >= 0.6 is 0 Å². The van der Waals surface area contributed by atoms with Crippen molar-refractivity contribution < 1.29 is 4.74 Å². The minimum atomic E-state index is 0.320. The third kappa shape index (κ3) is 4.10. The number of imidazole rings is 1. The van der Waals surface area contributed by atoms with Crippen molar-refractivity contribution in [1.82, 2.24) is 14.9 Å². The van der Waals surface area contributed by atoms with Gasteiger partial charge < -0.3 is 14.6 Å². The molecule has 0 aliphatic rings. The van der Waals surface area contributed by atoms with E-state index in [1.807, 2.05) is 43.6 Å². The molecule has 0 aliphatic carbocycles. The topological polar surface area (TPSA) is 39.1 Å². The van der Waals surface area contributed by atoms with Gasteiger partial charge in [-0.2, -0.15) is 0 Å². The van der Waals surface area contributed by atoms with Gasteiger partial charge in [0, 0.05) is 24.8 Å². The van der Waals surface area contributed by atoms with Crippen molar-refractivity contribution in [3.05, 3.63) is 48.0 Å². The first-order valence-corrected chi connectivity index (χ1v) is 7.06. The first-order chi connectivity index (χ1) is 9.66. The molecule has 108 valence electrons. The number of benzene rings is 1. The summed E-state index contributed by atoms with van der Waals surface area (Å²) >= 11 is 0. The summed E-state index contributed by atoms with van der Waals surface area (Å²) in [5.41, 5.74) is 2.34. The van der Waals surface area contributed by atoms with Gasteiger partial charge in [-0.3, -0.25) is 0 Å². The van der Waals surface area contributed by atoms with E-state index < -0.39 is 0 Å². The lowest BCUT2D eigenvalue weighted by molar-refractivity contribution is 0.272. The van der Waals surface area contributed by atoms with Gasteiger partial charge in [0.15, 0.2) is 0 Å². The van der Waals surface area contributed by atoms with Gasteiger partial charge in [0.1, 0.15) is 12.4 Å². The monoisotopic (exact) mass is 273 g/mol. The Morgan fingerprint density at radius 2 is 2.00 bits per heavy atom. The summed E-state index contributed by atoms with van der Waals surface area (Å²) in [6, 6.07) is 10.2. The van der Waals surface area contributed by atoms with Crippen LogP contribution in [0.25, 0.3) is 0 Å². The second-order valence-electron chi connectivity index (χ2n) is 5.09. The Morgan fingerprint density at radius 1 is 1.25 bits per heavy atom. The van der Waals surface area contributed by atoms with Gasteiger partial charge in [-0.05, 0) is 32.9 Å². The minimum absolute atomic E-state index is 0.320. The second kappa shape index (κ2) is 7.10. The SMILES string of the molecule is Cc1ncn(CCN[C@@H](C)COc2ccccc2)c1C. The lowest BCUT2D eigenvalue weighted by Crippen LogP contribution is -2.34. The molecule has 1 N–H and O–H groups in total. The number of nitrogens with zero attached hydrogens (tertiary/aromatic N) is 2. The number of rotatable bonds is 7. The van der Waals surface area contributed by atoms with Gasteiger partial charge in [0.05, 0.1) is 12.0 Å². The van der Waals surface area contributed by atoms with Crippen LogP contribution < -0.4 is 10.1 Å². The van der Waals surface area contributed by atoms with Crippen LogP contribution in [0.15, 0.2) is 36.7 Å². The molecule has 2 rings (SSSR count). The summed E-state index contributed by atoms with van der Waals surface area (Å²) in [5.74, 6) is 0.919. The molecule has 0 fully saturated rings. The van der Waals surface area contributed by atoms with Crippen molar-refractivity contribution in [2.75, 3.05) is 13.2 Å². The molecule has 0 spiro atoms. The van der Waals surface area contributed by atoms with E-state index >= 15 is 0 Å². The van der Waals surface area contributed by atoms with Crippen LogP contribution in [0.5, 0.6) is 5.75 Å². The molecule has 0 aliphatic heterocycles. The van der Waals surface area contributed by atoms with E-state index in [1.54, 1.807) is 0 Å². The van der Waals surface area contributed by atoms with Gasteiger partial charge in [0.25, 0.3) is 0 Å². The van der Waals surface area contributed by atoms with Crippen LogP contribution in [0.1, 0.15) is 18.3 Å². The largest absolute Gasteiger partial charge is 0.492 e. The molecule has 0 radical (unpaired) electrons. The maximum absolute atomic E-state index is 5.72. The van der Waals surface area contributed by atoms with E-state index in [4.69, 9.17) is 4.74 Å². The molecule has 20 heavy (non-hydrogen) atoms. The summed E-state index contributed by atoms with van der Waals surface area (Å²) in [6.45, 7) is 8.79. The van der Waals surface area contributed by atoms with Crippen molar-refractivity contribution >= 4 is 0 Å². The van der Waals surface area contributed by atoms with Crippen LogP contribution in [0.4, 0.5) is 0 Å². The zero-order chi connectivity index (χ0) is 14.4. The molecule has 1 aromatic heterocycles. The average Bonchev–Trinajstić information content (AvgIpc) is 2.78. The number of hydrogen-bond acceptors (Lipinski definition) is 3. The van der Waals surface area contributed by atoms with E-state index in [1.165, 1.54) is 5.69 Å². The normalized spacial score (nSPS) is 12.3. The fraction of sp³-hybridized carbons (Fsp3) is 0.438. The highest BCUT2D eigenvalue weighted by Crippen LogP contribution is 2.08. The number of aromatic nitrogens is 2. The third-order valence-corrected chi connectivity index (χ3v) is 3.43. The number of hydrogen-bond donors (Lipinski definition) is 1. The quantitative estimate of drug-likeness (QED) is 0.842. The molecule has 0 saturated heterocycles. The van der Waals surface area contributed by atoms with Crippen LogP contribution in [-0.4, -0.2) is 28.7 Å². The average molecular weight is 273 g/mol. The van der Waals surface area contributed by atoms with Crippen LogP contribution in [0.2, 0.25) is 0 Å². The molecule has 4 heteroatoms. The Hall–Kier alpha value is -1.81. The summed E-state index contributed by atoms with van der Waals surface area (Å²) in [4.78, 5) is 4.30. The first kappa shape index (κ1) is 14.6. The van der Waals surface area contributed by atoms with Crippen molar-refractivity contribution in [1.29, 1.82) is 0 Å². The Balaban J connectivity index is 1.68. The zero-order valence-electron chi connectivity index (χ0n) is 12.5. The highest BCUT2D eigenvalue weighted by atomic mass is 16.5. The number of para-hydroxylation sites is 1. The molecule has 1 atom stereocenters. The van der Waals surface area contributed by atoms with Crippen molar-refractivity contribution in [2.45, 2.75) is 33.4 Å². The van der Waals surface area contributed by atoms with Crippen molar-refractivity contribution in [3.63, 3.8) is 0 Å². The second-order valence-corrected chi connectivity index (χ2v) is 5.09. The Morgan fingerprint density at radius 3 is 2.65 bits per heavy atom. The highest BCUT2D eigenvalue weighted by molar-refractivity contribution is 5.20. The molecular weight excluding hydrogens is 250 g/mol. The Bertz CT molecular complexity index is 522. The first-order valence-electron chi connectivity index (χ1n) is 7.06. The van der Waals surface area contributed by atoms with E-state index in [2.05, 4.69) is 28.7 Å². The van der Waals surface area contributed by atoms with Crippen molar-refractivity contribution in [2.24, 2.45) is 0 Å². The highest BCUT2D eigenvalue weighted by Gasteiger charge is 2.04. The molecule has 0 unspecified atom stereocenters. The molecule has 2 aromatic rings. The van der Waals surface area contributed by atoms with E-state index in [-0.39, 0.29) is 0 Å². The van der Waals surface area contributed by atoms with Crippen molar-refractivity contribution in [3.8, 4) is 5.75 Å². The smallest absolute Gasteiger partial charge is 0.119 e. The fourth-order valence-corrected chi connectivity index (χ4v) is 2.00. The van der Waals surface area contributed by atoms with Gasteiger partial charge >= 0.3 is 0 Å². The fourth-order valence-electron chi connectivity index (χ4n) is 2.00. The predicted octanol–water partition coefficient (Wildman–Crippen LogP) is 2.56. The lowest BCUT2D eigenvalue weighted by Gasteiger charge is -2.15. The zero-order valence-corrected chi connectivity index (χ0v) is 12.5. The maximum atomic E-state index is 5.72. The number of aryl methyl sites for hydroxylation is 1. The van der Waals surface area contributed by atoms with Crippen LogP contribution in [0, 0.1) is 13.8 Å². The summed E-state index contributed by atoms with van der Waals surface area (Å²) in [7, 11) is 0. The van der Waals surface area contributed by atoms with E-state index in [0.29, 0.717) is 12.6 Å². The molecule has 0 saturated carbocycles. The predicted molar refractivity (Wildman–Crippen MR) is 81.1 cm³/mol. The lowest BCUT2D eigenvalue weighted by atomic mass is 10.3. The van der Waals surface area contributed by atoms with Gasteiger partial charge in [-0.15, -0.1) is 0 Å². The molecule has 1 heterocycles. The molecular formula is C16H23N3O. The van der Waals surface area contributed by atoms with Gasteiger partial charge in [0.2, 0.25) is 0 Å². The van der Waals surface area contributed by atoms with Gasteiger partial charge in [-0.1, -0.05) is 18.2 Å². The Labute approximate surface area is 120 Å². The van der Waals surface area contributed by atoms with E-state index in [9.17, 15) is 0 Å². The minimum Gasteiger partial charge on any atom is -0.492 e. The molecule has 0 amide bonds. The number of nitrogens with one attached hydrogen (secondary N) is 1. The van der Waals surface area contributed by atoms with Gasteiger partial charge in [-0.25, -0.2) is 4.98 Å². The third-order valence-electron chi connectivity index (χ3n) is 3.43. The number of ether oxygens (including phenoxy) is 1. The molecule has 4 nitrogen and oxygen atoms in total. The summed E-state index contributed by atoms with van der Waals surface area (Å²) in [5, 5.41) is 3.46. The van der Waals surface area contributed by atoms with E-state index in [0.717, 1.165) is 24.5 Å². The van der Waals surface area contributed by atoms with Crippen LogP contribution in [-0.2, 0) is 6.54 Å². The van der Waals surface area contributed by atoms with Crippen LogP contribution in [0.3, 0.4) is 0 Å². The summed E-state index contributed by atoms with van der Waals surface area (Å²) < 4.78 is 7.89. The Kier molecular flexibility index (Phi) is 5.18. The molecule has 1 aromatic carbocycles. The standard InChI is InChI=1S/C16H23N3O/c1-13(11-20-16-7-5-4-6-8-16)17-9-10-19-12-18-14(2)15(19)3/h4-8,12-13,17H,9-11H2,1-3H3/t13-/m0/s1. The summed E-state index contributed by atoms with van der Waals surface area (Å²) in [6.07, 6.45) is 1.90. The molecule has 0 bridgehead atoms.